The summed E-state index contributed by atoms with van der Waals surface area (Å²) in [5.41, 5.74) is 0.885. The van der Waals surface area contributed by atoms with Crippen LogP contribution >= 0.6 is 0 Å². The average Bonchev–Trinajstić information content (AvgIpc) is 2.29. The fourth-order valence-electron chi connectivity index (χ4n) is 1.77. The molecule has 0 radical (unpaired) electrons. The number of hydrogen-bond acceptors (Lipinski definition) is 5. The van der Waals surface area contributed by atoms with Crippen molar-refractivity contribution < 1.29 is 8.42 Å². The molecule has 88 valence electrons. The van der Waals surface area contributed by atoms with Crippen molar-refractivity contribution in [2.24, 2.45) is 0 Å². The summed E-state index contributed by atoms with van der Waals surface area (Å²) < 4.78 is 22.4. The van der Waals surface area contributed by atoms with Gasteiger partial charge in [-0.25, -0.2) is 8.42 Å². The molecule has 0 atom stereocenters. The Labute approximate surface area is 95.2 Å². The molecule has 0 aliphatic carbocycles. The van der Waals surface area contributed by atoms with Gasteiger partial charge in [0.2, 0.25) is 0 Å². The van der Waals surface area contributed by atoms with Gasteiger partial charge in [0.1, 0.15) is 9.84 Å². The highest BCUT2D eigenvalue weighted by atomic mass is 32.2. The highest BCUT2D eigenvalue weighted by molar-refractivity contribution is 7.91. The zero-order valence-corrected chi connectivity index (χ0v) is 9.78. The molecule has 1 aliphatic heterocycles. The number of nitrogens with zero attached hydrogens (tertiary/aromatic N) is 2. The summed E-state index contributed by atoms with van der Waals surface area (Å²) in [6.07, 6.45) is 3.03. The minimum Gasteiger partial charge on any atom is -0.308 e. The van der Waals surface area contributed by atoms with Crippen molar-refractivity contribution in [3.05, 3.63) is 24.0 Å². The molecule has 0 saturated carbocycles. The minimum atomic E-state index is -2.77. The summed E-state index contributed by atoms with van der Waals surface area (Å²) >= 11 is 0. The van der Waals surface area contributed by atoms with Crippen molar-refractivity contribution in [3.8, 4) is 0 Å². The van der Waals surface area contributed by atoms with E-state index in [-0.39, 0.29) is 6.04 Å². The van der Waals surface area contributed by atoms with E-state index in [0.29, 0.717) is 30.9 Å². The normalized spacial score (nSPS) is 20.8. The Morgan fingerprint density at radius 1 is 1.38 bits per heavy atom. The molecule has 1 aromatic rings. The van der Waals surface area contributed by atoms with E-state index in [9.17, 15) is 8.42 Å². The van der Waals surface area contributed by atoms with Gasteiger partial charge in [0.15, 0.2) is 0 Å². The first kappa shape index (κ1) is 11.5. The van der Waals surface area contributed by atoms with Crippen LogP contribution in [0.5, 0.6) is 0 Å². The number of nitrogens with one attached hydrogen (secondary N) is 1. The molecule has 0 amide bonds. The zero-order valence-electron chi connectivity index (χ0n) is 8.96. The number of rotatable bonds is 3. The Morgan fingerprint density at radius 3 is 2.75 bits per heavy atom. The summed E-state index contributed by atoms with van der Waals surface area (Å²) in [6, 6.07) is 4.03. The second-order valence-electron chi connectivity index (χ2n) is 4.02. The molecule has 1 saturated heterocycles. The van der Waals surface area contributed by atoms with E-state index in [2.05, 4.69) is 15.5 Å². The van der Waals surface area contributed by atoms with E-state index in [4.69, 9.17) is 0 Å². The van der Waals surface area contributed by atoms with Crippen LogP contribution in [0, 0.1) is 0 Å². The van der Waals surface area contributed by atoms with Crippen LogP contribution in [0.25, 0.3) is 0 Å². The summed E-state index contributed by atoms with van der Waals surface area (Å²) in [5.74, 6) is 0.594. The van der Waals surface area contributed by atoms with Gasteiger partial charge in [0, 0.05) is 18.8 Å². The first-order valence-electron chi connectivity index (χ1n) is 5.36. The number of sulfone groups is 1. The van der Waals surface area contributed by atoms with Gasteiger partial charge >= 0.3 is 0 Å². The number of hydrogen-bond donors (Lipinski definition) is 1. The highest BCUT2D eigenvalue weighted by Crippen LogP contribution is 2.12. The van der Waals surface area contributed by atoms with Gasteiger partial charge in [-0.2, -0.15) is 10.2 Å². The Kier molecular flexibility index (Phi) is 3.50. The Bertz CT molecular complexity index is 419. The van der Waals surface area contributed by atoms with E-state index in [1.807, 2.05) is 12.1 Å². The molecule has 0 spiro atoms. The molecule has 2 rings (SSSR count). The Morgan fingerprint density at radius 2 is 2.12 bits per heavy atom. The monoisotopic (exact) mass is 241 g/mol. The van der Waals surface area contributed by atoms with Crippen LogP contribution in [0.3, 0.4) is 0 Å². The highest BCUT2D eigenvalue weighted by Gasteiger charge is 2.22. The van der Waals surface area contributed by atoms with Gasteiger partial charge in [-0.15, -0.1) is 0 Å². The fraction of sp³-hybridized carbons (Fsp3) is 0.600. The maximum Gasteiger partial charge on any atom is 0.150 e. The van der Waals surface area contributed by atoms with Crippen molar-refractivity contribution in [1.29, 1.82) is 0 Å². The fourth-order valence-corrected chi connectivity index (χ4v) is 3.26. The third-order valence-electron chi connectivity index (χ3n) is 2.75. The summed E-state index contributed by atoms with van der Waals surface area (Å²) in [4.78, 5) is 0. The maximum absolute atomic E-state index is 11.2. The van der Waals surface area contributed by atoms with Crippen LogP contribution in [-0.2, 0) is 16.4 Å². The standard InChI is InChI=1S/C10H15N3O2S/c14-16(15)6-3-9(4-7-16)11-8-10-2-1-5-12-13-10/h1-2,5,9,11H,3-4,6-8H2. The molecule has 2 heterocycles. The predicted molar refractivity (Wildman–Crippen MR) is 60.5 cm³/mol. The first-order valence-corrected chi connectivity index (χ1v) is 7.18. The van der Waals surface area contributed by atoms with Crippen LogP contribution < -0.4 is 5.32 Å². The molecule has 1 N–H and O–H groups in total. The lowest BCUT2D eigenvalue weighted by molar-refractivity contribution is 0.459. The maximum atomic E-state index is 11.2. The summed E-state index contributed by atoms with van der Waals surface area (Å²) in [6.45, 7) is 0.651. The first-order chi connectivity index (χ1) is 7.66. The van der Waals surface area contributed by atoms with Crippen LogP contribution in [0.1, 0.15) is 18.5 Å². The third-order valence-corrected chi connectivity index (χ3v) is 4.47. The lowest BCUT2D eigenvalue weighted by Gasteiger charge is -2.22. The van der Waals surface area contributed by atoms with Crippen LogP contribution in [0.2, 0.25) is 0 Å². The van der Waals surface area contributed by atoms with Gasteiger partial charge in [-0.05, 0) is 25.0 Å². The van der Waals surface area contributed by atoms with Gasteiger partial charge in [-0.3, -0.25) is 0 Å². The lowest BCUT2D eigenvalue weighted by Crippen LogP contribution is -2.37. The van der Waals surface area contributed by atoms with Crippen LogP contribution in [0.4, 0.5) is 0 Å². The minimum absolute atomic E-state index is 0.283. The van der Waals surface area contributed by atoms with E-state index >= 15 is 0 Å². The molecule has 0 bridgehead atoms. The molecule has 6 heteroatoms. The van der Waals surface area contributed by atoms with Crippen molar-refractivity contribution >= 4 is 9.84 Å². The van der Waals surface area contributed by atoms with Gasteiger partial charge in [0.25, 0.3) is 0 Å². The molecule has 1 aromatic heterocycles. The quantitative estimate of drug-likeness (QED) is 0.815. The summed E-state index contributed by atoms with van der Waals surface area (Å²) in [7, 11) is -2.77. The molecule has 5 nitrogen and oxygen atoms in total. The molecule has 0 unspecified atom stereocenters. The summed E-state index contributed by atoms with van der Waals surface area (Å²) in [5, 5.41) is 11.1. The molecule has 0 aromatic carbocycles. The average molecular weight is 241 g/mol. The lowest BCUT2D eigenvalue weighted by atomic mass is 10.1. The van der Waals surface area contributed by atoms with Gasteiger partial charge < -0.3 is 5.32 Å². The Balaban J connectivity index is 1.80. The third kappa shape index (κ3) is 3.24. The largest absolute Gasteiger partial charge is 0.308 e. The van der Waals surface area contributed by atoms with Crippen LogP contribution in [-0.4, -0.2) is 36.2 Å². The number of aromatic nitrogens is 2. The molecule has 1 aliphatic rings. The molecular formula is C10H15N3O2S. The molecule has 1 fully saturated rings. The Hall–Kier alpha value is -1.01. The van der Waals surface area contributed by atoms with E-state index in [1.54, 1.807) is 6.20 Å². The van der Waals surface area contributed by atoms with Gasteiger partial charge in [0.05, 0.1) is 17.2 Å². The van der Waals surface area contributed by atoms with E-state index in [0.717, 1.165) is 5.69 Å². The predicted octanol–water partition coefficient (Wildman–Crippen LogP) is 0.143. The topological polar surface area (TPSA) is 72.0 Å². The van der Waals surface area contributed by atoms with E-state index < -0.39 is 9.84 Å². The van der Waals surface area contributed by atoms with E-state index in [1.165, 1.54) is 0 Å². The second kappa shape index (κ2) is 4.88. The smallest absolute Gasteiger partial charge is 0.150 e. The SMILES string of the molecule is O=S1(=O)CCC(NCc2cccnn2)CC1. The molecule has 16 heavy (non-hydrogen) atoms. The zero-order chi connectivity index (χ0) is 11.4. The van der Waals surface area contributed by atoms with Crippen molar-refractivity contribution in [3.63, 3.8) is 0 Å². The van der Waals surface area contributed by atoms with Crippen molar-refractivity contribution in [2.75, 3.05) is 11.5 Å². The van der Waals surface area contributed by atoms with Crippen LogP contribution in [0.15, 0.2) is 18.3 Å². The van der Waals surface area contributed by atoms with Crippen molar-refractivity contribution in [1.82, 2.24) is 15.5 Å². The second-order valence-corrected chi connectivity index (χ2v) is 6.33. The molecular weight excluding hydrogens is 226 g/mol. The van der Waals surface area contributed by atoms with Crippen molar-refractivity contribution in [2.45, 2.75) is 25.4 Å². The van der Waals surface area contributed by atoms with Gasteiger partial charge in [-0.1, -0.05) is 0 Å².